The van der Waals surface area contributed by atoms with E-state index >= 15 is 0 Å². The van der Waals surface area contributed by atoms with E-state index in [0.29, 0.717) is 12.4 Å². The van der Waals surface area contributed by atoms with E-state index in [2.05, 4.69) is 25.9 Å². The predicted octanol–water partition coefficient (Wildman–Crippen LogP) is -0.218. The van der Waals surface area contributed by atoms with E-state index in [1.54, 1.807) is 0 Å². The zero-order valence-corrected chi connectivity index (χ0v) is 7.53. The molecular formula is C7H11N5O. The molecule has 1 amide bonds. The van der Waals surface area contributed by atoms with Gasteiger partial charge in [-0.25, -0.2) is 0 Å². The number of aromatic amines is 1. The molecule has 0 fully saturated rings. The number of hydrogen-bond acceptors (Lipinski definition) is 4. The molecule has 2 N–H and O–H groups in total. The van der Waals surface area contributed by atoms with Crippen LogP contribution in [0.4, 0.5) is 0 Å². The van der Waals surface area contributed by atoms with Crippen molar-refractivity contribution in [1.82, 2.24) is 25.9 Å². The van der Waals surface area contributed by atoms with Gasteiger partial charge < -0.3 is 5.32 Å². The van der Waals surface area contributed by atoms with Crippen LogP contribution >= 0.6 is 0 Å². The Balaban J connectivity index is 2.35. The highest BCUT2D eigenvalue weighted by Gasteiger charge is 1.99. The van der Waals surface area contributed by atoms with Gasteiger partial charge in [0.05, 0.1) is 6.54 Å². The first-order valence-corrected chi connectivity index (χ1v) is 3.83. The predicted molar refractivity (Wildman–Crippen MR) is 45.5 cm³/mol. The van der Waals surface area contributed by atoms with E-state index in [0.717, 1.165) is 5.57 Å². The number of hydrogen-bond donors (Lipinski definition) is 2. The normalized spacial score (nSPS) is 9.38. The van der Waals surface area contributed by atoms with Gasteiger partial charge in [0.1, 0.15) is 0 Å². The molecule has 0 spiro atoms. The molecule has 1 heterocycles. The average molecular weight is 181 g/mol. The van der Waals surface area contributed by atoms with Crippen LogP contribution in [-0.4, -0.2) is 26.5 Å². The fourth-order valence-electron chi connectivity index (χ4n) is 0.737. The van der Waals surface area contributed by atoms with Crippen LogP contribution < -0.4 is 5.32 Å². The van der Waals surface area contributed by atoms with Crippen molar-refractivity contribution in [2.75, 3.05) is 0 Å². The monoisotopic (exact) mass is 181 g/mol. The Morgan fingerprint density at radius 1 is 1.62 bits per heavy atom. The summed E-state index contributed by atoms with van der Waals surface area (Å²) in [6.45, 7) is 4.00. The lowest BCUT2D eigenvalue weighted by Crippen LogP contribution is -2.21. The van der Waals surface area contributed by atoms with E-state index in [1.165, 1.54) is 6.08 Å². The highest BCUT2D eigenvalue weighted by molar-refractivity contribution is 5.87. The second-order valence-corrected chi connectivity index (χ2v) is 2.77. The van der Waals surface area contributed by atoms with Gasteiger partial charge in [0.15, 0.2) is 5.82 Å². The van der Waals surface area contributed by atoms with E-state index < -0.39 is 0 Å². The van der Waals surface area contributed by atoms with Gasteiger partial charge in [0, 0.05) is 6.08 Å². The van der Waals surface area contributed by atoms with Gasteiger partial charge in [-0.3, -0.25) is 4.79 Å². The maximum absolute atomic E-state index is 11.1. The van der Waals surface area contributed by atoms with Crippen LogP contribution in [0.2, 0.25) is 0 Å². The third-order valence-corrected chi connectivity index (χ3v) is 1.23. The lowest BCUT2D eigenvalue weighted by atomic mass is 10.3. The zero-order chi connectivity index (χ0) is 9.68. The Morgan fingerprint density at radius 2 is 2.38 bits per heavy atom. The molecule has 0 saturated heterocycles. The summed E-state index contributed by atoms with van der Waals surface area (Å²) in [5, 5.41) is 15.6. The quantitative estimate of drug-likeness (QED) is 0.631. The number of aromatic nitrogens is 4. The summed E-state index contributed by atoms with van der Waals surface area (Å²) in [5.41, 5.74) is 0.950. The van der Waals surface area contributed by atoms with Crippen molar-refractivity contribution in [3.63, 3.8) is 0 Å². The van der Waals surface area contributed by atoms with E-state index in [-0.39, 0.29) is 5.91 Å². The molecule has 6 heteroatoms. The van der Waals surface area contributed by atoms with Gasteiger partial charge in [-0.05, 0) is 13.8 Å². The third-order valence-electron chi connectivity index (χ3n) is 1.23. The van der Waals surface area contributed by atoms with E-state index in [9.17, 15) is 4.79 Å². The summed E-state index contributed by atoms with van der Waals surface area (Å²) >= 11 is 0. The number of carbonyl (C=O) groups excluding carboxylic acids is 1. The molecule has 0 aliphatic carbocycles. The first-order chi connectivity index (χ1) is 6.18. The summed E-state index contributed by atoms with van der Waals surface area (Å²) in [7, 11) is 0. The Kier molecular flexibility index (Phi) is 3.13. The average Bonchev–Trinajstić information content (AvgIpc) is 2.51. The highest BCUT2D eigenvalue weighted by Crippen LogP contribution is 1.88. The van der Waals surface area contributed by atoms with Crippen LogP contribution in [0.15, 0.2) is 11.6 Å². The van der Waals surface area contributed by atoms with Crippen LogP contribution in [0.25, 0.3) is 0 Å². The van der Waals surface area contributed by atoms with Crippen molar-refractivity contribution in [1.29, 1.82) is 0 Å². The number of allylic oxidation sites excluding steroid dienone is 1. The maximum atomic E-state index is 11.1. The van der Waals surface area contributed by atoms with Crippen LogP contribution in [0.3, 0.4) is 0 Å². The van der Waals surface area contributed by atoms with Crippen LogP contribution in [0.5, 0.6) is 0 Å². The molecule has 0 aliphatic rings. The number of nitrogens with one attached hydrogen (secondary N) is 2. The number of nitrogens with zero attached hydrogens (tertiary/aromatic N) is 3. The number of carbonyl (C=O) groups is 1. The number of tetrazole rings is 1. The molecule has 0 radical (unpaired) electrons. The standard InChI is InChI=1S/C7H11N5O/c1-5(2)3-7(13)8-4-6-9-11-12-10-6/h3H,4H2,1-2H3,(H,8,13)(H,9,10,11,12). The first kappa shape index (κ1) is 9.37. The van der Waals surface area contributed by atoms with Gasteiger partial charge in [-0.15, -0.1) is 10.2 Å². The minimum Gasteiger partial charge on any atom is -0.345 e. The Bertz CT molecular complexity index is 299. The summed E-state index contributed by atoms with van der Waals surface area (Å²) in [6.07, 6.45) is 1.51. The Hall–Kier alpha value is -1.72. The van der Waals surface area contributed by atoms with Crippen LogP contribution in [0.1, 0.15) is 19.7 Å². The van der Waals surface area contributed by atoms with Crippen molar-refractivity contribution in [2.24, 2.45) is 0 Å². The van der Waals surface area contributed by atoms with E-state index in [1.807, 2.05) is 13.8 Å². The van der Waals surface area contributed by atoms with Gasteiger partial charge >= 0.3 is 0 Å². The molecule has 0 atom stereocenters. The molecule has 6 nitrogen and oxygen atoms in total. The Labute approximate surface area is 75.4 Å². The molecule has 70 valence electrons. The number of amides is 1. The minimum absolute atomic E-state index is 0.148. The summed E-state index contributed by atoms with van der Waals surface area (Å²) in [6, 6.07) is 0. The van der Waals surface area contributed by atoms with Gasteiger partial charge in [0.2, 0.25) is 5.91 Å². The molecule has 0 unspecified atom stereocenters. The van der Waals surface area contributed by atoms with Crippen molar-refractivity contribution < 1.29 is 4.79 Å². The molecule has 1 rings (SSSR count). The molecule has 0 aliphatic heterocycles. The fraction of sp³-hybridized carbons (Fsp3) is 0.429. The third kappa shape index (κ3) is 3.46. The molecular weight excluding hydrogens is 170 g/mol. The van der Waals surface area contributed by atoms with Crippen LogP contribution in [0, 0.1) is 0 Å². The molecule has 0 aromatic carbocycles. The molecule has 0 saturated carbocycles. The van der Waals surface area contributed by atoms with E-state index in [4.69, 9.17) is 0 Å². The largest absolute Gasteiger partial charge is 0.345 e. The topological polar surface area (TPSA) is 83.6 Å². The van der Waals surface area contributed by atoms with Gasteiger partial charge in [-0.2, -0.15) is 5.21 Å². The lowest BCUT2D eigenvalue weighted by Gasteiger charge is -1.96. The molecule has 13 heavy (non-hydrogen) atoms. The van der Waals surface area contributed by atoms with Gasteiger partial charge in [-0.1, -0.05) is 10.8 Å². The Morgan fingerprint density at radius 3 is 2.92 bits per heavy atom. The second kappa shape index (κ2) is 4.34. The van der Waals surface area contributed by atoms with Crippen molar-refractivity contribution in [2.45, 2.75) is 20.4 Å². The minimum atomic E-state index is -0.148. The summed E-state index contributed by atoms with van der Waals surface area (Å²) in [4.78, 5) is 11.1. The smallest absolute Gasteiger partial charge is 0.244 e. The molecule has 0 bridgehead atoms. The lowest BCUT2D eigenvalue weighted by molar-refractivity contribution is -0.116. The first-order valence-electron chi connectivity index (χ1n) is 3.83. The molecule has 1 aromatic heterocycles. The summed E-state index contributed by atoms with van der Waals surface area (Å²) < 4.78 is 0. The maximum Gasteiger partial charge on any atom is 0.244 e. The summed E-state index contributed by atoms with van der Waals surface area (Å²) in [5.74, 6) is 0.320. The zero-order valence-electron chi connectivity index (χ0n) is 7.53. The fourth-order valence-corrected chi connectivity index (χ4v) is 0.737. The second-order valence-electron chi connectivity index (χ2n) is 2.77. The van der Waals surface area contributed by atoms with Crippen LogP contribution in [-0.2, 0) is 11.3 Å². The van der Waals surface area contributed by atoms with Crippen molar-refractivity contribution in [3.05, 3.63) is 17.5 Å². The van der Waals surface area contributed by atoms with Crippen molar-refractivity contribution >= 4 is 5.91 Å². The number of rotatable bonds is 3. The molecule has 1 aromatic rings. The highest BCUT2D eigenvalue weighted by atomic mass is 16.1. The number of H-pyrrole nitrogens is 1. The van der Waals surface area contributed by atoms with Gasteiger partial charge in [0.25, 0.3) is 0 Å². The SMILES string of the molecule is CC(C)=CC(=O)NCc1nn[nH]n1. The van der Waals surface area contributed by atoms with Crippen molar-refractivity contribution in [3.8, 4) is 0 Å².